The molecule has 2 atom stereocenters. The number of amides is 1. The van der Waals surface area contributed by atoms with E-state index in [9.17, 15) is 4.79 Å². The summed E-state index contributed by atoms with van der Waals surface area (Å²) in [6.07, 6.45) is 2.11. The first-order chi connectivity index (χ1) is 9.72. The van der Waals surface area contributed by atoms with Crippen LogP contribution < -0.4 is 11.1 Å². The largest absolute Gasteiger partial charge is 0.381 e. The van der Waals surface area contributed by atoms with E-state index >= 15 is 0 Å². The third-order valence-corrected chi connectivity index (χ3v) is 3.80. The number of likely N-dealkylation sites (tertiary alicyclic amines) is 1. The SMILES string of the molecule is COC1CCN(CC(=O)Nc2ccccc2)C(CN)C1.Cl. The van der Waals surface area contributed by atoms with E-state index in [2.05, 4.69) is 10.2 Å². The number of ether oxygens (including phenoxy) is 1. The number of methoxy groups -OCH3 is 1. The lowest BCUT2D eigenvalue weighted by Crippen LogP contribution is -2.50. The number of hydrogen-bond acceptors (Lipinski definition) is 4. The second-order valence-electron chi connectivity index (χ2n) is 5.16. The summed E-state index contributed by atoms with van der Waals surface area (Å²) in [5.41, 5.74) is 6.64. The number of nitrogens with zero attached hydrogens (tertiary/aromatic N) is 1. The summed E-state index contributed by atoms with van der Waals surface area (Å²) in [5.74, 6) is 0.00511. The van der Waals surface area contributed by atoms with E-state index in [4.69, 9.17) is 10.5 Å². The molecular weight excluding hydrogens is 290 g/mol. The zero-order chi connectivity index (χ0) is 14.4. The van der Waals surface area contributed by atoms with Crippen LogP contribution in [0.3, 0.4) is 0 Å². The summed E-state index contributed by atoms with van der Waals surface area (Å²) in [5, 5.41) is 2.91. The molecule has 1 fully saturated rings. The molecule has 1 aromatic rings. The number of halogens is 1. The predicted octanol–water partition coefficient (Wildman–Crippen LogP) is 1.48. The van der Waals surface area contributed by atoms with E-state index in [1.807, 2.05) is 30.3 Å². The number of para-hydroxylation sites is 1. The van der Waals surface area contributed by atoms with Crippen molar-refractivity contribution >= 4 is 24.0 Å². The first-order valence-corrected chi connectivity index (χ1v) is 7.04. The third kappa shape index (κ3) is 5.28. The number of anilines is 1. The van der Waals surface area contributed by atoms with E-state index in [1.54, 1.807) is 7.11 Å². The maximum absolute atomic E-state index is 12.1. The van der Waals surface area contributed by atoms with Crippen molar-refractivity contribution in [1.82, 2.24) is 4.90 Å². The van der Waals surface area contributed by atoms with Crippen molar-refractivity contribution in [2.24, 2.45) is 5.73 Å². The predicted molar refractivity (Wildman–Crippen MR) is 86.8 cm³/mol. The maximum atomic E-state index is 12.1. The first kappa shape index (κ1) is 17.9. The molecule has 118 valence electrons. The molecule has 1 saturated heterocycles. The van der Waals surface area contributed by atoms with Gasteiger partial charge in [0.25, 0.3) is 0 Å². The van der Waals surface area contributed by atoms with Gasteiger partial charge in [0.1, 0.15) is 0 Å². The third-order valence-electron chi connectivity index (χ3n) is 3.80. The van der Waals surface area contributed by atoms with Crippen LogP contribution in [0, 0.1) is 0 Å². The minimum Gasteiger partial charge on any atom is -0.381 e. The molecule has 0 aliphatic carbocycles. The molecule has 0 bridgehead atoms. The highest BCUT2D eigenvalue weighted by Crippen LogP contribution is 2.19. The minimum atomic E-state index is 0. The molecule has 1 aliphatic heterocycles. The number of hydrogen-bond donors (Lipinski definition) is 2. The monoisotopic (exact) mass is 313 g/mol. The lowest BCUT2D eigenvalue weighted by Gasteiger charge is -2.37. The van der Waals surface area contributed by atoms with Gasteiger partial charge >= 0.3 is 0 Å². The zero-order valence-electron chi connectivity index (χ0n) is 12.3. The number of carbonyl (C=O) groups excluding carboxylic acids is 1. The van der Waals surface area contributed by atoms with Crippen molar-refractivity contribution in [3.63, 3.8) is 0 Å². The zero-order valence-corrected chi connectivity index (χ0v) is 13.1. The summed E-state index contributed by atoms with van der Waals surface area (Å²) in [6, 6.07) is 9.72. The normalized spacial score (nSPS) is 22.4. The van der Waals surface area contributed by atoms with Crippen LogP contribution in [0.15, 0.2) is 30.3 Å². The fourth-order valence-electron chi connectivity index (χ4n) is 2.64. The lowest BCUT2D eigenvalue weighted by atomic mass is 9.99. The van der Waals surface area contributed by atoms with Gasteiger partial charge in [0, 0.05) is 31.9 Å². The van der Waals surface area contributed by atoms with Crippen molar-refractivity contribution in [2.45, 2.75) is 25.0 Å². The average Bonchev–Trinajstić information content (AvgIpc) is 2.48. The molecule has 0 saturated carbocycles. The van der Waals surface area contributed by atoms with Gasteiger partial charge in [0.2, 0.25) is 5.91 Å². The van der Waals surface area contributed by atoms with Gasteiger partial charge in [-0.3, -0.25) is 9.69 Å². The summed E-state index contributed by atoms with van der Waals surface area (Å²) < 4.78 is 5.39. The van der Waals surface area contributed by atoms with Gasteiger partial charge < -0.3 is 15.8 Å². The highest BCUT2D eigenvalue weighted by molar-refractivity contribution is 5.92. The topological polar surface area (TPSA) is 67.6 Å². The Morgan fingerprint density at radius 1 is 1.43 bits per heavy atom. The number of benzene rings is 1. The van der Waals surface area contributed by atoms with Gasteiger partial charge in [-0.25, -0.2) is 0 Å². The minimum absolute atomic E-state index is 0. The van der Waals surface area contributed by atoms with Gasteiger partial charge in [0.05, 0.1) is 12.6 Å². The molecule has 5 nitrogen and oxygen atoms in total. The molecule has 1 aromatic carbocycles. The van der Waals surface area contributed by atoms with Gasteiger partial charge in [-0.1, -0.05) is 18.2 Å². The lowest BCUT2D eigenvalue weighted by molar-refractivity contribution is -0.118. The summed E-state index contributed by atoms with van der Waals surface area (Å²) in [7, 11) is 1.73. The van der Waals surface area contributed by atoms with Crippen LogP contribution in [-0.2, 0) is 9.53 Å². The Morgan fingerprint density at radius 2 is 2.14 bits per heavy atom. The smallest absolute Gasteiger partial charge is 0.238 e. The Bertz CT molecular complexity index is 430. The van der Waals surface area contributed by atoms with E-state index in [0.29, 0.717) is 13.1 Å². The van der Waals surface area contributed by atoms with Crippen LogP contribution >= 0.6 is 12.4 Å². The molecule has 6 heteroatoms. The molecule has 0 spiro atoms. The van der Waals surface area contributed by atoms with Crippen LogP contribution in [-0.4, -0.2) is 49.7 Å². The molecule has 21 heavy (non-hydrogen) atoms. The Balaban J connectivity index is 0.00000220. The highest BCUT2D eigenvalue weighted by Gasteiger charge is 2.28. The van der Waals surface area contributed by atoms with E-state index in [0.717, 1.165) is 25.1 Å². The number of carbonyl (C=O) groups is 1. The Hall–Kier alpha value is -1.14. The number of piperidine rings is 1. The van der Waals surface area contributed by atoms with Crippen LogP contribution in [0.2, 0.25) is 0 Å². The van der Waals surface area contributed by atoms with Crippen molar-refractivity contribution in [3.8, 4) is 0 Å². The molecule has 0 radical (unpaired) electrons. The van der Waals surface area contributed by atoms with Gasteiger partial charge in [-0.05, 0) is 25.0 Å². The number of nitrogens with two attached hydrogens (primary N) is 1. The van der Waals surface area contributed by atoms with E-state index in [1.165, 1.54) is 0 Å². The Morgan fingerprint density at radius 3 is 2.76 bits per heavy atom. The molecule has 3 N–H and O–H groups in total. The Labute approximate surface area is 132 Å². The molecule has 2 rings (SSSR count). The van der Waals surface area contributed by atoms with Crippen LogP contribution in [0.25, 0.3) is 0 Å². The number of rotatable bonds is 5. The molecule has 1 aliphatic rings. The molecule has 0 aromatic heterocycles. The van der Waals surface area contributed by atoms with Gasteiger partial charge in [-0.15, -0.1) is 12.4 Å². The maximum Gasteiger partial charge on any atom is 0.238 e. The van der Waals surface area contributed by atoms with Gasteiger partial charge in [0.15, 0.2) is 0 Å². The second-order valence-corrected chi connectivity index (χ2v) is 5.16. The summed E-state index contributed by atoms with van der Waals surface area (Å²) in [6.45, 7) is 1.79. The quantitative estimate of drug-likeness (QED) is 0.864. The molecule has 1 heterocycles. The standard InChI is InChI=1S/C15H23N3O2.ClH/c1-20-14-7-8-18(13(9-14)10-16)11-15(19)17-12-5-3-2-4-6-12;/h2-6,13-14H,7-11,16H2,1H3,(H,17,19);1H. The van der Waals surface area contributed by atoms with Crippen molar-refractivity contribution < 1.29 is 9.53 Å². The first-order valence-electron chi connectivity index (χ1n) is 7.04. The van der Waals surface area contributed by atoms with Crippen LogP contribution in [0.4, 0.5) is 5.69 Å². The summed E-state index contributed by atoms with van der Waals surface area (Å²) >= 11 is 0. The van der Waals surface area contributed by atoms with Crippen molar-refractivity contribution in [2.75, 3.05) is 32.1 Å². The Kier molecular flexibility index (Phi) is 7.67. The van der Waals surface area contributed by atoms with Crippen LogP contribution in [0.1, 0.15) is 12.8 Å². The van der Waals surface area contributed by atoms with E-state index in [-0.39, 0.29) is 30.5 Å². The molecule has 2 unspecified atom stereocenters. The van der Waals surface area contributed by atoms with E-state index < -0.39 is 0 Å². The average molecular weight is 314 g/mol. The van der Waals surface area contributed by atoms with Crippen molar-refractivity contribution in [3.05, 3.63) is 30.3 Å². The fraction of sp³-hybridized carbons (Fsp3) is 0.533. The van der Waals surface area contributed by atoms with Crippen LogP contribution in [0.5, 0.6) is 0 Å². The van der Waals surface area contributed by atoms with Crippen molar-refractivity contribution in [1.29, 1.82) is 0 Å². The fourth-order valence-corrected chi connectivity index (χ4v) is 2.64. The number of nitrogens with one attached hydrogen (secondary N) is 1. The second kappa shape index (κ2) is 9.00. The highest BCUT2D eigenvalue weighted by atomic mass is 35.5. The summed E-state index contributed by atoms with van der Waals surface area (Å²) in [4.78, 5) is 14.2. The van der Waals surface area contributed by atoms with Gasteiger partial charge in [-0.2, -0.15) is 0 Å². The molecular formula is C15H24ClN3O2. The molecule has 1 amide bonds.